The molecule has 0 spiro atoms. The molecule has 1 fully saturated rings. The topological polar surface area (TPSA) is 109 Å². The third-order valence-electron chi connectivity index (χ3n) is 7.92. The van der Waals surface area contributed by atoms with Crippen LogP contribution in [-0.2, 0) is 12.8 Å². The Hall–Kier alpha value is -4.28. The normalized spacial score (nSPS) is 16.0. The number of likely N-dealkylation sites (N-methyl/N-ethyl adjacent to an activating group) is 1. The van der Waals surface area contributed by atoms with E-state index in [2.05, 4.69) is 39.2 Å². The van der Waals surface area contributed by atoms with Gasteiger partial charge in [0, 0.05) is 48.7 Å². The number of carbonyl (C=O) groups is 2. The van der Waals surface area contributed by atoms with Crippen molar-refractivity contribution in [2.75, 3.05) is 36.9 Å². The molecule has 2 aromatic heterocycles. The Kier molecular flexibility index (Phi) is 8.79. The van der Waals surface area contributed by atoms with E-state index in [9.17, 15) is 14.0 Å². The van der Waals surface area contributed by atoms with Crippen molar-refractivity contribution in [1.29, 1.82) is 0 Å². The maximum atomic E-state index is 13.7. The van der Waals surface area contributed by atoms with Gasteiger partial charge in [0.1, 0.15) is 11.6 Å². The van der Waals surface area contributed by atoms with E-state index < -0.39 is 5.91 Å². The highest BCUT2D eigenvalue weighted by Crippen LogP contribution is 2.38. The fourth-order valence-corrected chi connectivity index (χ4v) is 5.70. The lowest BCUT2D eigenvalue weighted by Crippen LogP contribution is -2.50. The number of hydrogen-bond donors (Lipinski definition) is 2. The summed E-state index contributed by atoms with van der Waals surface area (Å²) in [4.78, 5) is 34.6. The van der Waals surface area contributed by atoms with E-state index >= 15 is 0 Å². The predicted octanol–water partition coefficient (Wildman–Crippen LogP) is 5.34. The Balaban J connectivity index is 0.00000180. The van der Waals surface area contributed by atoms with Crippen LogP contribution >= 0.6 is 11.6 Å². The molecule has 0 saturated carbocycles. The number of nitrogens with one attached hydrogen (secondary N) is 1. The summed E-state index contributed by atoms with van der Waals surface area (Å²) in [6.45, 7) is 8.66. The van der Waals surface area contributed by atoms with Gasteiger partial charge in [0.2, 0.25) is 0 Å². The van der Waals surface area contributed by atoms with E-state index in [0.29, 0.717) is 47.3 Å². The molecule has 11 heteroatoms. The molecule has 3 heterocycles. The fraction of sp³-hybridized carbons (Fsp3) is 0.312. The molecular weight excluding hydrogens is 569 g/mol. The van der Waals surface area contributed by atoms with Gasteiger partial charge >= 0.3 is 0 Å². The first kappa shape index (κ1) is 30.2. The number of nitrogens with zero attached hydrogens (tertiary/aromatic N) is 5. The Morgan fingerprint density at radius 1 is 1.07 bits per heavy atom. The maximum absolute atomic E-state index is 13.7. The number of aryl methyl sites for hydroxylation is 1. The van der Waals surface area contributed by atoms with Crippen molar-refractivity contribution in [3.05, 3.63) is 88.0 Å². The van der Waals surface area contributed by atoms with Gasteiger partial charge < -0.3 is 20.9 Å². The summed E-state index contributed by atoms with van der Waals surface area (Å²) in [6.07, 6.45) is 2.77. The summed E-state index contributed by atoms with van der Waals surface area (Å²) in [5, 5.41) is 7.74. The second kappa shape index (κ2) is 12.5. The first-order valence-corrected chi connectivity index (χ1v) is 14.8. The van der Waals surface area contributed by atoms with Crippen LogP contribution in [0.25, 0.3) is 16.9 Å². The standard InChI is InChI=1S/C30H29ClFN7O2.C2H6/c1-17-16-38(12-11-37(17)2)26-14-24(25(31)15-34-26)30(41)35-20-7-3-18-4-10-22-27(29(33)40)36-39(28(22)23(18)13-20)21-8-5-19(32)6-9-21;1-2/h3,5-9,13-15,17H,4,10-12,16H2,1-2H3,(H2,33,40)(H,35,41);1-2H3/t17-;/m0./s1. The number of pyridine rings is 1. The second-order valence-electron chi connectivity index (χ2n) is 10.6. The molecule has 0 unspecified atom stereocenters. The third kappa shape index (κ3) is 5.98. The molecule has 2 amide bonds. The van der Waals surface area contributed by atoms with Crippen molar-refractivity contribution < 1.29 is 14.0 Å². The fourth-order valence-electron chi connectivity index (χ4n) is 5.51. The van der Waals surface area contributed by atoms with Gasteiger partial charge in [-0.15, -0.1) is 0 Å². The third-order valence-corrected chi connectivity index (χ3v) is 8.23. The highest BCUT2D eigenvalue weighted by molar-refractivity contribution is 6.34. The van der Waals surface area contributed by atoms with Crippen LogP contribution < -0.4 is 16.0 Å². The number of nitrogens with two attached hydrogens (primary N) is 1. The van der Waals surface area contributed by atoms with Gasteiger partial charge in [0.15, 0.2) is 5.69 Å². The Morgan fingerprint density at radius 3 is 2.51 bits per heavy atom. The van der Waals surface area contributed by atoms with Crippen LogP contribution in [0.2, 0.25) is 5.02 Å². The molecule has 1 aliphatic heterocycles. The number of amides is 2. The molecule has 1 saturated heterocycles. The average molecular weight is 604 g/mol. The zero-order valence-electron chi connectivity index (χ0n) is 24.7. The zero-order valence-corrected chi connectivity index (χ0v) is 25.5. The van der Waals surface area contributed by atoms with Crippen molar-refractivity contribution in [1.82, 2.24) is 19.7 Å². The quantitative estimate of drug-likeness (QED) is 0.319. The predicted molar refractivity (Wildman–Crippen MR) is 168 cm³/mol. The summed E-state index contributed by atoms with van der Waals surface area (Å²) in [6, 6.07) is 13.6. The van der Waals surface area contributed by atoms with Gasteiger partial charge in [-0.25, -0.2) is 14.1 Å². The van der Waals surface area contributed by atoms with Crippen molar-refractivity contribution in [2.24, 2.45) is 5.73 Å². The van der Waals surface area contributed by atoms with Crippen LogP contribution in [0, 0.1) is 5.82 Å². The van der Waals surface area contributed by atoms with Crippen molar-refractivity contribution >= 4 is 34.9 Å². The smallest absolute Gasteiger partial charge is 0.269 e. The second-order valence-corrected chi connectivity index (χ2v) is 11.0. The largest absolute Gasteiger partial charge is 0.364 e. The van der Waals surface area contributed by atoms with Gasteiger partial charge in [-0.3, -0.25) is 9.59 Å². The van der Waals surface area contributed by atoms with E-state index in [1.807, 2.05) is 32.0 Å². The van der Waals surface area contributed by atoms with Crippen LogP contribution in [0.5, 0.6) is 0 Å². The monoisotopic (exact) mass is 603 g/mol. The van der Waals surface area contributed by atoms with E-state index in [4.69, 9.17) is 17.3 Å². The summed E-state index contributed by atoms with van der Waals surface area (Å²) in [7, 11) is 2.10. The van der Waals surface area contributed by atoms with Crippen LogP contribution in [0.15, 0.2) is 54.7 Å². The molecule has 0 radical (unpaired) electrons. The number of piperazine rings is 1. The van der Waals surface area contributed by atoms with Crippen LogP contribution in [0.3, 0.4) is 0 Å². The molecule has 1 aliphatic carbocycles. The van der Waals surface area contributed by atoms with Gasteiger partial charge in [0.25, 0.3) is 11.8 Å². The molecule has 43 heavy (non-hydrogen) atoms. The molecule has 0 bridgehead atoms. The number of benzene rings is 2. The first-order valence-electron chi connectivity index (χ1n) is 14.4. The summed E-state index contributed by atoms with van der Waals surface area (Å²) in [5.41, 5.74) is 10.6. The van der Waals surface area contributed by atoms with Crippen LogP contribution in [0.1, 0.15) is 52.7 Å². The van der Waals surface area contributed by atoms with Gasteiger partial charge in [-0.1, -0.05) is 31.5 Å². The van der Waals surface area contributed by atoms with Crippen LogP contribution in [0.4, 0.5) is 15.9 Å². The number of halogens is 2. The molecule has 2 aromatic carbocycles. The zero-order chi connectivity index (χ0) is 30.8. The Bertz CT molecular complexity index is 1670. The van der Waals surface area contributed by atoms with Gasteiger partial charge in [0.05, 0.1) is 22.0 Å². The number of primary amides is 1. The molecule has 6 rings (SSSR count). The minimum atomic E-state index is -0.632. The SMILES string of the molecule is CC.C[C@H]1CN(c2cc(C(=O)Nc3ccc4c(c3)-c3c(c(C(N)=O)nn3-c3ccc(F)cc3)CC4)c(Cl)cn2)CCN1C. The number of carbonyl (C=O) groups excluding carboxylic acids is 2. The van der Waals surface area contributed by atoms with E-state index in [0.717, 1.165) is 36.3 Å². The molecule has 9 nitrogen and oxygen atoms in total. The number of anilines is 2. The molecule has 1 atom stereocenters. The molecule has 3 N–H and O–H groups in total. The van der Waals surface area contributed by atoms with E-state index in [1.54, 1.807) is 22.9 Å². The lowest BCUT2D eigenvalue weighted by Gasteiger charge is -2.38. The lowest BCUT2D eigenvalue weighted by molar-refractivity contribution is 0.0992. The van der Waals surface area contributed by atoms with E-state index in [1.165, 1.54) is 18.3 Å². The molecule has 4 aromatic rings. The Labute approximate surface area is 255 Å². The summed E-state index contributed by atoms with van der Waals surface area (Å²) >= 11 is 6.43. The first-order chi connectivity index (χ1) is 20.7. The number of fused-ring (bicyclic) bond motifs is 3. The number of aromatic nitrogens is 3. The number of hydrogen-bond acceptors (Lipinski definition) is 6. The molecule has 224 valence electrons. The van der Waals surface area contributed by atoms with Crippen molar-refractivity contribution in [3.63, 3.8) is 0 Å². The molecule has 2 aliphatic rings. The van der Waals surface area contributed by atoms with Crippen LogP contribution in [-0.4, -0.2) is 64.2 Å². The van der Waals surface area contributed by atoms with Gasteiger partial charge in [-0.2, -0.15) is 5.10 Å². The summed E-state index contributed by atoms with van der Waals surface area (Å²) < 4.78 is 15.3. The van der Waals surface area contributed by atoms with Gasteiger partial charge in [-0.05, 0) is 74.8 Å². The number of rotatable bonds is 5. The van der Waals surface area contributed by atoms with Crippen molar-refractivity contribution in [2.45, 2.75) is 39.7 Å². The lowest BCUT2D eigenvalue weighted by atomic mass is 9.88. The highest BCUT2D eigenvalue weighted by atomic mass is 35.5. The summed E-state index contributed by atoms with van der Waals surface area (Å²) in [5.74, 6) is -0.665. The van der Waals surface area contributed by atoms with Crippen molar-refractivity contribution in [3.8, 4) is 16.9 Å². The Morgan fingerprint density at radius 2 is 1.81 bits per heavy atom. The van der Waals surface area contributed by atoms with E-state index in [-0.39, 0.29) is 22.4 Å². The minimum absolute atomic E-state index is 0.179. The minimum Gasteiger partial charge on any atom is -0.364 e. The maximum Gasteiger partial charge on any atom is 0.269 e. The molecular formula is C32H35ClFN7O2. The average Bonchev–Trinajstić information content (AvgIpc) is 3.41. The highest BCUT2D eigenvalue weighted by Gasteiger charge is 2.29.